The number of nitro groups is 1. The summed E-state index contributed by atoms with van der Waals surface area (Å²) in [6.07, 6.45) is 3.31. The number of aromatic nitrogens is 2. The molecule has 1 saturated carbocycles. The highest BCUT2D eigenvalue weighted by molar-refractivity contribution is 7.90. The molecule has 10 nitrogen and oxygen atoms in total. The van der Waals surface area contributed by atoms with Gasteiger partial charge in [0.2, 0.25) is 0 Å². The van der Waals surface area contributed by atoms with Crippen molar-refractivity contribution in [2.45, 2.75) is 30.7 Å². The molecule has 162 valence electrons. The van der Waals surface area contributed by atoms with E-state index < -0.39 is 14.9 Å². The van der Waals surface area contributed by atoms with Crippen LogP contribution in [0.1, 0.15) is 18.4 Å². The molecule has 0 bridgehead atoms. The largest absolute Gasteiger partial charge is 0.469 e. The lowest BCUT2D eigenvalue weighted by atomic mass is 9.80. The third-order valence-electron chi connectivity index (χ3n) is 5.46. The Hall–Kier alpha value is -3.47. The lowest BCUT2D eigenvalue weighted by Gasteiger charge is -2.34. The summed E-state index contributed by atoms with van der Waals surface area (Å²) in [7, 11) is -2.62. The maximum Gasteiger partial charge on any atom is 0.311 e. The number of hydrogen-bond donors (Lipinski definition) is 1. The highest BCUT2D eigenvalue weighted by Crippen LogP contribution is 2.38. The molecule has 0 radical (unpaired) electrons. The van der Waals surface area contributed by atoms with E-state index in [1.54, 1.807) is 12.1 Å². The molecular formula is C20H20N4O6S. The zero-order chi connectivity index (χ0) is 22.3. The zero-order valence-electron chi connectivity index (χ0n) is 16.8. The van der Waals surface area contributed by atoms with Crippen molar-refractivity contribution in [2.24, 2.45) is 5.92 Å². The maximum absolute atomic E-state index is 13.1. The Bertz CT molecular complexity index is 1280. The summed E-state index contributed by atoms with van der Waals surface area (Å²) in [5.41, 5.74) is 0.917. The van der Waals surface area contributed by atoms with E-state index >= 15 is 0 Å². The number of ether oxygens (including phenoxy) is 1. The minimum Gasteiger partial charge on any atom is -0.469 e. The van der Waals surface area contributed by atoms with E-state index in [4.69, 9.17) is 4.74 Å². The molecule has 0 aliphatic heterocycles. The number of carbonyl (C=O) groups is 1. The molecule has 0 spiro atoms. The second-order valence-corrected chi connectivity index (χ2v) is 9.29. The van der Waals surface area contributed by atoms with Crippen LogP contribution in [0.15, 0.2) is 47.6 Å². The fraction of sp³-hybridized carbons (Fsp3) is 0.300. The molecule has 2 heterocycles. The van der Waals surface area contributed by atoms with Gasteiger partial charge in [0.15, 0.2) is 5.65 Å². The summed E-state index contributed by atoms with van der Waals surface area (Å²) in [5, 5.41) is 15.0. The number of nitrogens with one attached hydrogen (secondary N) is 1. The van der Waals surface area contributed by atoms with Gasteiger partial charge in [-0.1, -0.05) is 17.7 Å². The van der Waals surface area contributed by atoms with Gasteiger partial charge in [0.25, 0.3) is 10.0 Å². The molecule has 0 saturated heterocycles. The smallest absolute Gasteiger partial charge is 0.311 e. The molecule has 31 heavy (non-hydrogen) atoms. The Balaban J connectivity index is 1.74. The lowest BCUT2D eigenvalue weighted by molar-refractivity contribution is -0.384. The average molecular weight is 444 g/mol. The number of fused-ring (bicyclic) bond motifs is 1. The van der Waals surface area contributed by atoms with Gasteiger partial charge in [0.05, 0.1) is 28.2 Å². The first kappa shape index (κ1) is 20.8. The van der Waals surface area contributed by atoms with E-state index in [9.17, 15) is 23.3 Å². The monoisotopic (exact) mass is 444 g/mol. The molecule has 4 rings (SSSR count). The van der Waals surface area contributed by atoms with Gasteiger partial charge >= 0.3 is 11.7 Å². The van der Waals surface area contributed by atoms with Crippen molar-refractivity contribution < 1.29 is 22.9 Å². The summed E-state index contributed by atoms with van der Waals surface area (Å²) >= 11 is 0. The van der Waals surface area contributed by atoms with Crippen molar-refractivity contribution in [3.8, 4) is 0 Å². The molecule has 11 heteroatoms. The molecule has 2 aromatic heterocycles. The molecule has 0 amide bonds. The number of carbonyl (C=O) groups excluding carboxylic acids is 1. The van der Waals surface area contributed by atoms with Crippen LogP contribution >= 0.6 is 0 Å². The van der Waals surface area contributed by atoms with E-state index in [2.05, 4.69) is 10.3 Å². The predicted octanol–water partition coefficient (Wildman–Crippen LogP) is 2.85. The Morgan fingerprint density at radius 3 is 2.55 bits per heavy atom. The summed E-state index contributed by atoms with van der Waals surface area (Å²) in [5.74, 6) is -0.576. The van der Waals surface area contributed by atoms with Crippen LogP contribution in [0.5, 0.6) is 0 Å². The van der Waals surface area contributed by atoms with E-state index in [0.717, 1.165) is 15.7 Å². The topological polar surface area (TPSA) is 133 Å². The second kappa shape index (κ2) is 7.65. The van der Waals surface area contributed by atoms with Gasteiger partial charge < -0.3 is 10.1 Å². The minimum absolute atomic E-state index is 0.0810. The quantitative estimate of drug-likeness (QED) is 0.348. The van der Waals surface area contributed by atoms with Crippen LogP contribution in [-0.4, -0.2) is 41.4 Å². The zero-order valence-corrected chi connectivity index (χ0v) is 17.6. The van der Waals surface area contributed by atoms with Gasteiger partial charge in [-0.3, -0.25) is 14.9 Å². The number of pyridine rings is 1. The summed E-state index contributed by atoms with van der Waals surface area (Å²) in [6, 6.07) is 7.70. The fourth-order valence-corrected chi connectivity index (χ4v) is 4.96. The Kier molecular flexibility index (Phi) is 5.13. The first-order valence-corrected chi connectivity index (χ1v) is 11.0. The third-order valence-corrected chi connectivity index (χ3v) is 7.14. The molecule has 1 aliphatic carbocycles. The Labute approximate surface area is 178 Å². The van der Waals surface area contributed by atoms with Crippen LogP contribution in [0.3, 0.4) is 0 Å². The summed E-state index contributed by atoms with van der Waals surface area (Å²) in [4.78, 5) is 26.8. The molecule has 0 atom stereocenters. The van der Waals surface area contributed by atoms with Crippen molar-refractivity contribution in [1.82, 2.24) is 8.96 Å². The third kappa shape index (κ3) is 3.61. The molecule has 1 fully saturated rings. The number of aryl methyl sites for hydroxylation is 1. The van der Waals surface area contributed by atoms with E-state index in [-0.39, 0.29) is 39.8 Å². The van der Waals surface area contributed by atoms with Crippen LogP contribution in [0.2, 0.25) is 0 Å². The van der Waals surface area contributed by atoms with Crippen molar-refractivity contribution in [2.75, 3.05) is 12.4 Å². The Morgan fingerprint density at radius 2 is 1.94 bits per heavy atom. The maximum atomic E-state index is 13.1. The molecule has 1 N–H and O–H groups in total. The molecule has 1 aliphatic rings. The Morgan fingerprint density at radius 1 is 1.26 bits per heavy atom. The normalized spacial score (nSPS) is 18.4. The first-order valence-electron chi connectivity index (χ1n) is 9.53. The summed E-state index contributed by atoms with van der Waals surface area (Å²) < 4.78 is 32.0. The first-order chi connectivity index (χ1) is 14.7. The van der Waals surface area contributed by atoms with Crippen LogP contribution in [0, 0.1) is 23.0 Å². The van der Waals surface area contributed by atoms with Crippen molar-refractivity contribution >= 4 is 38.4 Å². The van der Waals surface area contributed by atoms with E-state index in [0.29, 0.717) is 18.2 Å². The van der Waals surface area contributed by atoms with Crippen LogP contribution in [0.4, 0.5) is 11.4 Å². The van der Waals surface area contributed by atoms with Gasteiger partial charge in [-0.15, -0.1) is 0 Å². The highest BCUT2D eigenvalue weighted by Gasteiger charge is 2.37. The summed E-state index contributed by atoms with van der Waals surface area (Å²) in [6.45, 7) is 1.85. The number of anilines is 1. The van der Waals surface area contributed by atoms with Gasteiger partial charge in [0, 0.05) is 12.2 Å². The van der Waals surface area contributed by atoms with Crippen molar-refractivity contribution in [3.05, 3.63) is 58.4 Å². The van der Waals surface area contributed by atoms with Gasteiger partial charge in [-0.2, -0.15) is 0 Å². The average Bonchev–Trinajstić information content (AvgIpc) is 3.15. The SMILES string of the molecule is COC(=O)C1CC(Nc2c([N+](=O)[O-])cnc3c2ccn3S(=O)(=O)c2ccc(C)cc2)C1. The number of benzene rings is 1. The molecule has 0 unspecified atom stereocenters. The van der Waals surface area contributed by atoms with Crippen LogP contribution < -0.4 is 5.32 Å². The number of hydrogen-bond acceptors (Lipinski definition) is 8. The number of nitrogens with zero attached hydrogens (tertiary/aromatic N) is 3. The number of esters is 1. The molecular weight excluding hydrogens is 424 g/mol. The molecule has 1 aromatic carbocycles. The fourth-order valence-electron chi connectivity index (χ4n) is 3.66. The molecule has 3 aromatic rings. The van der Waals surface area contributed by atoms with Crippen molar-refractivity contribution in [3.63, 3.8) is 0 Å². The van der Waals surface area contributed by atoms with Gasteiger partial charge in [-0.05, 0) is 38.0 Å². The number of methoxy groups -OCH3 is 1. The van der Waals surface area contributed by atoms with Gasteiger partial charge in [0.1, 0.15) is 11.9 Å². The van der Waals surface area contributed by atoms with E-state index in [1.807, 2.05) is 6.92 Å². The van der Waals surface area contributed by atoms with Crippen molar-refractivity contribution in [1.29, 1.82) is 0 Å². The van der Waals surface area contributed by atoms with Crippen LogP contribution in [-0.2, 0) is 19.6 Å². The minimum atomic E-state index is -3.94. The lowest BCUT2D eigenvalue weighted by Crippen LogP contribution is -2.40. The van der Waals surface area contributed by atoms with Crippen LogP contribution in [0.25, 0.3) is 11.0 Å². The highest BCUT2D eigenvalue weighted by atomic mass is 32.2. The van der Waals surface area contributed by atoms with E-state index in [1.165, 1.54) is 31.5 Å². The second-order valence-electron chi connectivity index (χ2n) is 7.48. The van der Waals surface area contributed by atoms with Gasteiger partial charge in [-0.25, -0.2) is 17.4 Å². The standard InChI is InChI=1S/C20H20N4O6S/c1-12-3-5-15(6-4-12)31(28,29)23-8-7-16-18(17(24(26)27)11-21-19(16)23)22-14-9-13(10-14)20(25)30-2/h3-8,11,13-14H,9-10H2,1-2H3,(H,21,22). The predicted molar refractivity (Wildman–Crippen MR) is 112 cm³/mol. The number of rotatable bonds is 6.